The lowest BCUT2D eigenvalue weighted by Crippen LogP contribution is -2.43. The van der Waals surface area contributed by atoms with Crippen LogP contribution in [0.5, 0.6) is 0 Å². The average molecular weight is 445 g/mol. The summed E-state index contributed by atoms with van der Waals surface area (Å²) < 4.78 is 0. The molecule has 1 aromatic carbocycles. The zero-order valence-electron chi connectivity index (χ0n) is 16.0. The lowest BCUT2D eigenvalue weighted by Gasteiger charge is -2.48. The largest absolute Gasteiger partial charge is 0.481 e. The van der Waals surface area contributed by atoms with Gasteiger partial charge in [0, 0.05) is 33.6 Å². The average Bonchev–Trinajstić information content (AvgIpc) is 2.65. The fourth-order valence-corrected chi connectivity index (χ4v) is 5.90. The van der Waals surface area contributed by atoms with Crippen LogP contribution in [0.2, 0.25) is 15.1 Å². The third-order valence-corrected chi connectivity index (χ3v) is 7.26. The molecule has 154 valence electrons. The highest BCUT2D eigenvalue weighted by Gasteiger charge is 2.41. The normalized spacial score (nSPS) is 26.8. The summed E-state index contributed by atoms with van der Waals surface area (Å²) in [6.45, 7) is 1.58. The second-order valence-electron chi connectivity index (χ2n) is 8.11. The molecule has 0 unspecified atom stereocenters. The van der Waals surface area contributed by atoms with E-state index in [9.17, 15) is 4.79 Å². The zero-order valence-corrected chi connectivity index (χ0v) is 18.2. The van der Waals surface area contributed by atoms with Crippen molar-refractivity contribution in [3.05, 3.63) is 44.9 Å². The molecule has 0 heterocycles. The van der Waals surface area contributed by atoms with E-state index in [1.165, 1.54) is 25.7 Å². The first-order valence-corrected chi connectivity index (χ1v) is 11.3. The number of halogens is 3. The molecule has 6 heteroatoms. The van der Waals surface area contributed by atoms with Crippen molar-refractivity contribution in [2.24, 2.45) is 23.7 Å². The van der Waals surface area contributed by atoms with Gasteiger partial charge in [-0.05, 0) is 80.9 Å². The Bertz CT molecular complexity index is 691. The summed E-state index contributed by atoms with van der Waals surface area (Å²) in [6.07, 6.45) is 11.7. The molecule has 28 heavy (non-hydrogen) atoms. The quantitative estimate of drug-likeness (QED) is 0.333. The predicted octanol–water partition coefficient (Wildman–Crippen LogP) is 6.60. The van der Waals surface area contributed by atoms with Crippen molar-refractivity contribution in [2.45, 2.75) is 51.5 Å². The first-order valence-electron chi connectivity index (χ1n) is 10.2. The van der Waals surface area contributed by atoms with Gasteiger partial charge >= 0.3 is 5.97 Å². The molecule has 0 radical (unpaired) electrons. The zero-order chi connectivity index (χ0) is 20.1. The first-order chi connectivity index (χ1) is 13.5. The Morgan fingerprint density at radius 3 is 2.39 bits per heavy atom. The van der Waals surface area contributed by atoms with Gasteiger partial charge in [-0.2, -0.15) is 0 Å². The van der Waals surface area contributed by atoms with Crippen molar-refractivity contribution in [3.63, 3.8) is 0 Å². The topological polar surface area (TPSA) is 49.3 Å². The van der Waals surface area contributed by atoms with Crippen molar-refractivity contribution in [3.8, 4) is 0 Å². The lowest BCUT2D eigenvalue weighted by atomic mass is 9.58. The summed E-state index contributed by atoms with van der Waals surface area (Å²) in [5, 5.41) is 14.1. The van der Waals surface area contributed by atoms with Crippen LogP contribution in [-0.4, -0.2) is 17.6 Å². The second-order valence-corrected chi connectivity index (χ2v) is 9.36. The maximum absolute atomic E-state index is 10.7. The Morgan fingerprint density at radius 1 is 1.11 bits per heavy atom. The molecule has 0 saturated heterocycles. The number of allylic oxidation sites excluding steroid dienone is 2. The number of aliphatic carboxylic acids is 1. The summed E-state index contributed by atoms with van der Waals surface area (Å²) in [5.41, 5.74) is 0.898. The monoisotopic (exact) mass is 443 g/mol. The number of rotatable bonds is 9. The van der Waals surface area contributed by atoms with E-state index in [1.54, 1.807) is 12.1 Å². The van der Waals surface area contributed by atoms with Gasteiger partial charge in [0.25, 0.3) is 0 Å². The molecule has 3 aliphatic rings. The van der Waals surface area contributed by atoms with E-state index in [1.807, 2.05) is 0 Å². The molecule has 4 rings (SSSR count). The molecule has 3 nitrogen and oxygen atoms in total. The van der Waals surface area contributed by atoms with E-state index in [2.05, 4.69) is 17.5 Å². The lowest BCUT2D eigenvalue weighted by molar-refractivity contribution is -0.137. The Labute approximate surface area is 182 Å². The minimum absolute atomic E-state index is 0.245. The van der Waals surface area contributed by atoms with Crippen molar-refractivity contribution >= 4 is 40.8 Å². The molecular formula is C22H28Cl3NO2. The molecule has 0 aliphatic heterocycles. The number of carbonyl (C=O) groups is 1. The van der Waals surface area contributed by atoms with Gasteiger partial charge in [-0.3, -0.25) is 4.79 Å². The van der Waals surface area contributed by atoms with Crippen LogP contribution in [0.15, 0.2) is 24.3 Å². The molecule has 3 saturated carbocycles. The van der Waals surface area contributed by atoms with E-state index in [-0.39, 0.29) is 6.42 Å². The van der Waals surface area contributed by atoms with Gasteiger partial charge in [0.15, 0.2) is 0 Å². The summed E-state index contributed by atoms with van der Waals surface area (Å²) >= 11 is 18.6. The third kappa shape index (κ3) is 5.66. The van der Waals surface area contributed by atoms with Gasteiger partial charge in [-0.15, -0.1) is 0 Å². The van der Waals surface area contributed by atoms with E-state index in [0.717, 1.165) is 30.4 Å². The van der Waals surface area contributed by atoms with E-state index < -0.39 is 5.97 Å². The molecule has 3 fully saturated rings. The molecule has 2 bridgehead atoms. The molecule has 2 atom stereocenters. The minimum atomic E-state index is -0.716. The van der Waals surface area contributed by atoms with Crippen LogP contribution in [0, 0.1) is 23.7 Å². The summed E-state index contributed by atoms with van der Waals surface area (Å²) in [7, 11) is 0. The van der Waals surface area contributed by atoms with Gasteiger partial charge in [0.2, 0.25) is 0 Å². The fourth-order valence-electron chi connectivity index (χ4n) is 4.95. The molecule has 0 aromatic heterocycles. The third-order valence-electron chi connectivity index (χ3n) is 6.37. The van der Waals surface area contributed by atoms with Crippen molar-refractivity contribution in [2.75, 3.05) is 6.54 Å². The van der Waals surface area contributed by atoms with Crippen LogP contribution < -0.4 is 5.32 Å². The summed E-state index contributed by atoms with van der Waals surface area (Å²) in [5.74, 6) is 2.01. The van der Waals surface area contributed by atoms with Crippen LogP contribution in [0.25, 0.3) is 0 Å². The number of hydrogen-bond acceptors (Lipinski definition) is 2. The molecule has 3 aliphatic carbocycles. The van der Waals surface area contributed by atoms with Crippen molar-refractivity contribution in [1.82, 2.24) is 5.32 Å². The van der Waals surface area contributed by atoms with Crippen LogP contribution in [-0.2, 0) is 11.3 Å². The van der Waals surface area contributed by atoms with E-state index in [4.69, 9.17) is 39.9 Å². The first kappa shape index (κ1) is 22.0. The fraction of sp³-hybridized carbons (Fsp3) is 0.591. The Kier molecular flexibility index (Phi) is 8.11. The molecule has 2 N–H and O–H groups in total. The maximum Gasteiger partial charge on any atom is 0.303 e. The second kappa shape index (κ2) is 10.3. The highest BCUT2D eigenvalue weighted by molar-refractivity contribution is 6.39. The highest BCUT2D eigenvalue weighted by Crippen LogP contribution is 2.49. The number of fused-ring (bicyclic) bond motifs is 3. The number of benzene rings is 1. The van der Waals surface area contributed by atoms with Crippen LogP contribution in [0.3, 0.4) is 0 Å². The summed E-state index contributed by atoms with van der Waals surface area (Å²) in [6, 6.07) is 3.47. The Hall–Kier alpha value is -0.740. The van der Waals surface area contributed by atoms with E-state index in [0.29, 0.717) is 39.9 Å². The van der Waals surface area contributed by atoms with Gasteiger partial charge < -0.3 is 10.4 Å². The SMILES string of the molecule is O=C(O)CCC/C=C\[C@H]1C2CCC(CC2)[C@@H]1CNCc1c(Cl)cc(Cl)cc1Cl. The van der Waals surface area contributed by atoms with Gasteiger partial charge in [-0.25, -0.2) is 0 Å². The van der Waals surface area contributed by atoms with Crippen molar-refractivity contribution < 1.29 is 9.90 Å². The molecule has 0 spiro atoms. The van der Waals surface area contributed by atoms with E-state index >= 15 is 0 Å². The van der Waals surface area contributed by atoms with Crippen molar-refractivity contribution in [1.29, 1.82) is 0 Å². The number of nitrogens with one attached hydrogen (secondary N) is 1. The predicted molar refractivity (Wildman–Crippen MR) is 116 cm³/mol. The summed E-state index contributed by atoms with van der Waals surface area (Å²) in [4.78, 5) is 10.7. The molecule has 1 aromatic rings. The van der Waals surface area contributed by atoms with Gasteiger partial charge in [-0.1, -0.05) is 47.0 Å². The standard InChI is InChI=1S/C22H28Cl3NO2/c23-16-10-20(24)19(21(25)11-16)13-26-12-18-15-8-6-14(7-9-15)17(18)4-2-1-3-5-22(27)28/h2,4,10-11,14-15,17-18,26H,1,3,5-9,12-13H2,(H,27,28)/b4-2-/t14?,15?,17-,18-/m0/s1. The smallest absolute Gasteiger partial charge is 0.303 e. The van der Waals surface area contributed by atoms with Crippen LogP contribution in [0.4, 0.5) is 0 Å². The Morgan fingerprint density at radius 2 is 1.75 bits per heavy atom. The van der Waals surface area contributed by atoms with Crippen LogP contribution in [0.1, 0.15) is 50.5 Å². The number of carboxylic acid groups (broad SMARTS) is 1. The molecule has 0 amide bonds. The number of unbranched alkanes of at least 4 members (excludes halogenated alkanes) is 1. The highest BCUT2D eigenvalue weighted by atomic mass is 35.5. The Balaban J connectivity index is 1.57. The van der Waals surface area contributed by atoms with Crippen LogP contribution >= 0.6 is 34.8 Å². The number of carboxylic acids is 1. The molecular weight excluding hydrogens is 417 g/mol. The van der Waals surface area contributed by atoms with Gasteiger partial charge in [0.1, 0.15) is 0 Å². The van der Waals surface area contributed by atoms with Gasteiger partial charge in [0.05, 0.1) is 0 Å². The maximum atomic E-state index is 10.7. The number of hydrogen-bond donors (Lipinski definition) is 2. The minimum Gasteiger partial charge on any atom is -0.481 e.